The van der Waals surface area contributed by atoms with Crippen LogP contribution in [-0.2, 0) is 0 Å². The number of fused-ring (bicyclic) bond motifs is 1. The Balaban J connectivity index is 2.40. The second-order valence-electron chi connectivity index (χ2n) is 5.33. The molecule has 2 aromatic heterocycles. The van der Waals surface area contributed by atoms with Gasteiger partial charge in [-0.15, -0.1) is 0 Å². The van der Waals surface area contributed by atoms with Crippen molar-refractivity contribution in [3.63, 3.8) is 0 Å². The van der Waals surface area contributed by atoms with Gasteiger partial charge in [0, 0.05) is 19.6 Å². The van der Waals surface area contributed by atoms with Gasteiger partial charge in [-0.1, -0.05) is 20.8 Å². The highest BCUT2D eigenvalue weighted by molar-refractivity contribution is 5.84. The van der Waals surface area contributed by atoms with Gasteiger partial charge in [0.25, 0.3) is 0 Å². The van der Waals surface area contributed by atoms with Crippen LogP contribution in [0.2, 0.25) is 0 Å². The summed E-state index contributed by atoms with van der Waals surface area (Å²) in [7, 11) is 0. The molecule has 0 spiro atoms. The number of aromatic nitrogens is 4. The van der Waals surface area contributed by atoms with Crippen LogP contribution in [0.5, 0.6) is 0 Å². The minimum absolute atomic E-state index is 0.579. The second kappa shape index (κ2) is 6.54. The topological polar surface area (TPSA) is 69.7 Å². The third-order valence-electron chi connectivity index (χ3n) is 3.07. The SMILES string of the molecule is CCCNc1nc(N(CC)CC(C)C)c2[nH]cnc2n1. The van der Waals surface area contributed by atoms with E-state index in [1.54, 1.807) is 6.33 Å². The number of imidazole rings is 1. The van der Waals surface area contributed by atoms with Gasteiger partial charge in [0.2, 0.25) is 5.95 Å². The molecule has 20 heavy (non-hydrogen) atoms. The van der Waals surface area contributed by atoms with E-state index in [-0.39, 0.29) is 0 Å². The van der Waals surface area contributed by atoms with Gasteiger partial charge in [-0.2, -0.15) is 9.97 Å². The molecule has 2 aromatic rings. The minimum Gasteiger partial charge on any atom is -0.355 e. The van der Waals surface area contributed by atoms with Crippen LogP contribution in [0.4, 0.5) is 11.8 Å². The van der Waals surface area contributed by atoms with Crippen molar-refractivity contribution in [2.24, 2.45) is 5.92 Å². The van der Waals surface area contributed by atoms with E-state index in [0.29, 0.717) is 11.9 Å². The molecule has 0 atom stereocenters. The van der Waals surface area contributed by atoms with E-state index >= 15 is 0 Å². The average molecular weight is 276 g/mol. The summed E-state index contributed by atoms with van der Waals surface area (Å²) in [4.78, 5) is 18.8. The highest BCUT2D eigenvalue weighted by Gasteiger charge is 2.16. The molecule has 0 aliphatic carbocycles. The highest BCUT2D eigenvalue weighted by Crippen LogP contribution is 2.23. The first-order chi connectivity index (χ1) is 9.65. The van der Waals surface area contributed by atoms with E-state index in [4.69, 9.17) is 0 Å². The Morgan fingerprint density at radius 3 is 2.75 bits per heavy atom. The van der Waals surface area contributed by atoms with Crippen LogP contribution in [0.15, 0.2) is 6.33 Å². The molecule has 0 aliphatic heterocycles. The molecule has 6 heteroatoms. The maximum absolute atomic E-state index is 4.67. The van der Waals surface area contributed by atoms with E-state index < -0.39 is 0 Å². The lowest BCUT2D eigenvalue weighted by atomic mass is 10.2. The predicted octanol–water partition coefficient (Wildman–Crippen LogP) is 2.66. The van der Waals surface area contributed by atoms with Gasteiger partial charge in [0.15, 0.2) is 11.5 Å². The lowest BCUT2D eigenvalue weighted by molar-refractivity contribution is 0.615. The van der Waals surface area contributed by atoms with Crippen molar-refractivity contribution in [1.29, 1.82) is 0 Å². The van der Waals surface area contributed by atoms with Gasteiger partial charge >= 0.3 is 0 Å². The van der Waals surface area contributed by atoms with Gasteiger partial charge < -0.3 is 15.2 Å². The summed E-state index contributed by atoms with van der Waals surface area (Å²) in [6.45, 7) is 11.4. The molecule has 0 radical (unpaired) electrons. The number of rotatable bonds is 7. The van der Waals surface area contributed by atoms with Crippen molar-refractivity contribution >= 4 is 22.9 Å². The molecule has 0 fully saturated rings. The third-order valence-corrected chi connectivity index (χ3v) is 3.07. The summed E-state index contributed by atoms with van der Waals surface area (Å²) >= 11 is 0. The first-order valence-corrected chi connectivity index (χ1v) is 7.35. The van der Waals surface area contributed by atoms with Gasteiger partial charge in [0.1, 0.15) is 5.52 Å². The third kappa shape index (κ3) is 3.18. The average Bonchev–Trinajstić information content (AvgIpc) is 2.89. The summed E-state index contributed by atoms with van der Waals surface area (Å²) in [6, 6.07) is 0. The van der Waals surface area contributed by atoms with E-state index in [2.05, 4.69) is 57.8 Å². The zero-order chi connectivity index (χ0) is 14.5. The fraction of sp³-hybridized carbons (Fsp3) is 0.643. The van der Waals surface area contributed by atoms with Gasteiger partial charge in [0.05, 0.1) is 6.33 Å². The van der Waals surface area contributed by atoms with Gasteiger partial charge in [-0.05, 0) is 19.3 Å². The normalized spacial score (nSPS) is 11.2. The second-order valence-corrected chi connectivity index (χ2v) is 5.33. The molecule has 110 valence electrons. The van der Waals surface area contributed by atoms with E-state index in [0.717, 1.165) is 43.0 Å². The summed E-state index contributed by atoms with van der Waals surface area (Å²) in [5.41, 5.74) is 1.63. The number of nitrogens with zero attached hydrogens (tertiary/aromatic N) is 4. The molecular formula is C14H24N6. The summed E-state index contributed by atoms with van der Waals surface area (Å²) in [5, 5.41) is 3.25. The largest absolute Gasteiger partial charge is 0.355 e. The monoisotopic (exact) mass is 276 g/mol. The Morgan fingerprint density at radius 2 is 2.10 bits per heavy atom. The van der Waals surface area contributed by atoms with Crippen molar-refractivity contribution in [1.82, 2.24) is 19.9 Å². The zero-order valence-electron chi connectivity index (χ0n) is 12.8. The lowest BCUT2D eigenvalue weighted by Crippen LogP contribution is -2.28. The fourth-order valence-electron chi connectivity index (χ4n) is 2.17. The Bertz CT molecular complexity index is 548. The molecule has 6 nitrogen and oxygen atoms in total. The molecule has 0 unspecified atom stereocenters. The molecule has 0 aliphatic rings. The zero-order valence-corrected chi connectivity index (χ0v) is 12.8. The Kier molecular flexibility index (Phi) is 4.76. The molecule has 2 N–H and O–H groups in total. The maximum Gasteiger partial charge on any atom is 0.226 e. The van der Waals surface area contributed by atoms with E-state index in [9.17, 15) is 0 Å². The summed E-state index contributed by atoms with van der Waals surface area (Å²) in [5.74, 6) is 2.17. The first kappa shape index (κ1) is 14.6. The van der Waals surface area contributed by atoms with Crippen molar-refractivity contribution in [2.75, 3.05) is 29.9 Å². The molecule has 0 saturated heterocycles. The fourth-order valence-corrected chi connectivity index (χ4v) is 2.17. The van der Waals surface area contributed by atoms with Crippen molar-refractivity contribution in [3.8, 4) is 0 Å². The first-order valence-electron chi connectivity index (χ1n) is 7.35. The van der Waals surface area contributed by atoms with Crippen LogP contribution in [-0.4, -0.2) is 39.6 Å². The number of H-pyrrole nitrogens is 1. The molecule has 0 amide bonds. The molecule has 0 aromatic carbocycles. The van der Waals surface area contributed by atoms with Crippen LogP contribution < -0.4 is 10.2 Å². The Labute approximate surface area is 120 Å². The smallest absolute Gasteiger partial charge is 0.226 e. The van der Waals surface area contributed by atoms with Crippen LogP contribution in [0.3, 0.4) is 0 Å². The molecule has 2 rings (SSSR count). The number of anilines is 2. The minimum atomic E-state index is 0.579. The Hall–Kier alpha value is -1.85. The van der Waals surface area contributed by atoms with E-state index in [1.165, 1.54) is 0 Å². The summed E-state index contributed by atoms with van der Waals surface area (Å²) < 4.78 is 0. The van der Waals surface area contributed by atoms with Crippen LogP contribution in [0.25, 0.3) is 11.2 Å². The molecule has 0 bridgehead atoms. The van der Waals surface area contributed by atoms with Crippen molar-refractivity contribution < 1.29 is 0 Å². The molecular weight excluding hydrogens is 252 g/mol. The van der Waals surface area contributed by atoms with Gasteiger partial charge in [-0.3, -0.25) is 0 Å². The number of hydrogen-bond acceptors (Lipinski definition) is 5. The van der Waals surface area contributed by atoms with Crippen LogP contribution in [0, 0.1) is 5.92 Å². The molecule has 2 heterocycles. The van der Waals surface area contributed by atoms with Gasteiger partial charge in [-0.25, -0.2) is 4.98 Å². The predicted molar refractivity (Wildman–Crippen MR) is 83.2 cm³/mol. The number of nitrogens with one attached hydrogen (secondary N) is 2. The number of aromatic amines is 1. The quantitative estimate of drug-likeness (QED) is 0.813. The number of hydrogen-bond donors (Lipinski definition) is 2. The standard InChI is InChI=1S/C14H24N6/c1-5-7-15-14-18-12-11(16-9-17-12)13(19-14)20(6-2)8-10(3)4/h9-10H,5-8H2,1-4H3,(H2,15,16,17,18,19). The van der Waals surface area contributed by atoms with Crippen LogP contribution >= 0.6 is 0 Å². The van der Waals surface area contributed by atoms with Crippen LogP contribution in [0.1, 0.15) is 34.1 Å². The maximum atomic E-state index is 4.67. The van der Waals surface area contributed by atoms with E-state index in [1.807, 2.05) is 0 Å². The van der Waals surface area contributed by atoms with Crippen molar-refractivity contribution in [3.05, 3.63) is 6.33 Å². The Morgan fingerprint density at radius 1 is 1.30 bits per heavy atom. The highest BCUT2D eigenvalue weighted by atomic mass is 15.2. The lowest BCUT2D eigenvalue weighted by Gasteiger charge is -2.24. The summed E-state index contributed by atoms with van der Waals surface area (Å²) in [6.07, 6.45) is 2.72. The van der Waals surface area contributed by atoms with Crippen molar-refractivity contribution in [2.45, 2.75) is 34.1 Å². The molecule has 0 saturated carbocycles.